The number of hydrogen-bond acceptors (Lipinski definition) is 5. The summed E-state index contributed by atoms with van der Waals surface area (Å²) in [5.74, 6) is 1.61. The summed E-state index contributed by atoms with van der Waals surface area (Å²) in [7, 11) is 1.64. The van der Waals surface area contributed by atoms with Gasteiger partial charge in [0.2, 0.25) is 0 Å². The van der Waals surface area contributed by atoms with Crippen molar-refractivity contribution in [1.29, 1.82) is 0 Å². The lowest BCUT2D eigenvalue weighted by Gasteiger charge is -2.34. The molecular weight excluding hydrogens is 314 g/mol. The molecule has 5 nitrogen and oxygen atoms in total. The Kier molecular flexibility index (Phi) is 4.68. The van der Waals surface area contributed by atoms with Crippen molar-refractivity contribution >= 4 is 17.4 Å². The highest BCUT2D eigenvalue weighted by Gasteiger charge is 2.21. The molecule has 0 radical (unpaired) electrons. The van der Waals surface area contributed by atoms with Gasteiger partial charge >= 0.3 is 0 Å². The molecule has 1 saturated heterocycles. The second-order valence-corrected chi connectivity index (χ2v) is 6.08. The molecule has 122 valence electrons. The fourth-order valence-corrected chi connectivity index (χ4v) is 3.00. The predicted molar refractivity (Wildman–Crippen MR) is 91.4 cm³/mol. The minimum absolute atomic E-state index is 0.271. The quantitative estimate of drug-likeness (QED) is 0.806. The Hall–Kier alpha value is -1.85. The molecule has 0 saturated carbocycles. The largest absolute Gasteiger partial charge is 0.495 e. The van der Waals surface area contributed by atoms with E-state index in [9.17, 15) is 0 Å². The number of halogens is 1. The van der Waals surface area contributed by atoms with Crippen molar-refractivity contribution < 1.29 is 9.47 Å². The highest BCUT2D eigenvalue weighted by molar-refractivity contribution is 6.29. The van der Waals surface area contributed by atoms with Crippen LogP contribution in [0.4, 0.5) is 5.82 Å². The minimum Gasteiger partial charge on any atom is -0.495 e. The number of pyridine rings is 2. The van der Waals surface area contributed by atoms with Crippen LogP contribution in [0.2, 0.25) is 5.15 Å². The van der Waals surface area contributed by atoms with E-state index in [1.165, 1.54) is 0 Å². The van der Waals surface area contributed by atoms with Crippen LogP contribution in [0.15, 0.2) is 24.4 Å². The summed E-state index contributed by atoms with van der Waals surface area (Å²) in [6.45, 7) is 6.34. The summed E-state index contributed by atoms with van der Waals surface area (Å²) < 4.78 is 10.7. The van der Waals surface area contributed by atoms with Gasteiger partial charge in [0.15, 0.2) is 0 Å². The van der Waals surface area contributed by atoms with Crippen LogP contribution in [0.25, 0.3) is 11.3 Å². The van der Waals surface area contributed by atoms with E-state index in [1.54, 1.807) is 13.3 Å². The molecule has 1 aliphatic heterocycles. The molecule has 0 aromatic carbocycles. The molecule has 0 N–H and O–H groups in total. The highest BCUT2D eigenvalue weighted by Crippen LogP contribution is 2.30. The van der Waals surface area contributed by atoms with Crippen molar-refractivity contribution in [2.75, 3.05) is 31.8 Å². The van der Waals surface area contributed by atoms with Crippen molar-refractivity contribution in [3.63, 3.8) is 0 Å². The second kappa shape index (κ2) is 6.72. The molecule has 6 heteroatoms. The Morgan fingerprint density at radius 3 is 2.87 bits per heavy atom. The molecule has 23 heavy (non-hydrogen) atoms. The van der Waals surface area contributed by atoms with Crippen molar-refractivity contribution in [3.05, 3.63) is 35.1 Å². The van der Waals surface area contributed by atoms with E-state index in [0.717, 1.165) is 34.9 Å². The van der Waals surface area contributed by atoms with Gasteiger partial charge in [0.05, 0.1) is 38.3 Å². The number of aromatic nitrogens is 2. The Balaban J connectivity index is 2.00. The molecule has 0 spiro atoms. The van der Waals surface area contributed by atoms with Crippen LogP contribution in [0.1, 0.15) is 12.5 Å². The fourth-order valence-electron chi connectivity index (χ4n) is 2.80. The van der Waals surface area contributed by atoms with E-state index in [0.29, 0.717) is 18.4 Å². The maximum absolute atomic E-state index is 6.26. The summed E-state index contributed by atoms with van der Waals surface area (Å²) in [5.41, 5.74) is 2.88. The van der Waals surface area contributed by atoms with E-state index in [2.05, 4.69) is 21.8 Å². The van der Waals surface area contributed by atoms with Gasteiger partial charge in [-0.1, -0.05) is 11.6 Å². The Labute approximate surface area is 141 Å². The normalized spacial score (nSPS) is 18.1. The first-order valence-electron chi connectivity index (χ1n) is 7.61. The smallest absolute Gasteiger partial charge is 0.137 e. The average Bonchev–Trinajstić information content (AvgIpc) is 2.54. The first-order chi connectivity index (χ1) is 11.1. The lowest BCUT2D eigenvalue weighted by molar-refractivity contribution is 0.0985. The molecule has 2 aromatic rings. The molecule has 0 aliphatic carbocycles. The SMILES string of the molecule is COc1cnc(-c2cc(Cl)nc(N3CCOC[C@H]3C)c2)c(C)c1. The number of hydrogen-bond donors (Lipinski definition) is 0. The molecule has 1 atom stereocenters. The van der Waals surface area contributed by atoms with Crippen LogP contribution in [0.5, 0.6) is 5.75 Å². The van der Waals surface area contributed by atoms with Crippen LogP contribution in [-0.4, -0.2) is 42.9 Å². The average molecular weight is 334 g/mol. The zero-order valence-corrected chi connectivity index (χ0v) is 14.3. The van der Waals surface area contributed by atoms with Crippen LogP contribution < -0.4 is 9.64 Å². The highest BCUT2D eigenvalue weighted by atomic mass is 35.5. The molecule has 3 rings (SSSR count). The number of methoxy groups -OCH3 is 1. The number of ether oxygens (including phenoxy) is 2. The third-order valence-electron chi connectivity index (χ3n) is 4.00. The number of morpholine rings is 1. The number of aryl methyl sites for hydroxylation is 1. The maximum atomic E-state index is 6.26. The van der Waals surface area contributed by atoms with Crippen LogP contribution in [-0.2, 0) is 4.74 Å². The molecular formula is C17H20ClN3O2. The van der Waals surface area contributed by atoms with E-state index < -0.39 is 0 Å². The third kappa shape index (κ3) is 3.41. The fraction of sp³-hybridized carbons (Fsp3) is 0.412. The van der Waals surface area contributed by atoms with Crippen molar-refractivity contribution in [3.8, 4) is 17.0 Å². The van der Waals surface area contributed by atoms with Gasteiger partial charge < -0.3 is 14.4 Å². The molecule has 1 aliphatic rings. The number of anilines is 1. The zero-order chi connectivity index (χ0) is 16.4. The lowest BCUT2D eigenvalue weighted by atomic mass is 10.1. The van der Waals surface area contributed by atoms with E-state index in [4.69, 9.17) is 21.1 Å². The predicted octanol–water partition coefficient (Wildman–Crippen LogP) is 3.34. The summed E-state index contributed by atoms with van der Waals surface area (Å²) >= 11 is 6.26. The lowest BCUT2D eigenvalue weighted by Crippen LogP contribution is -2.44. The van der Waals surface area contributed by atoms with Gasteiger partial charge in [0.25, 0.3) is 0 Å². The van der Waals surface area contributed by atoms with Crippen molar-refractivity contribution in [2.24, 2.45) is 0 Å². The standard InChI is InChI=1S/C17H20ClN3O2/c1-11-6-14(22-3)9-19-17(11)13-7-15(18)20-16(8-13)21-4-5-23-10-12(21)2/h6-9,12H,4-5,10H2,1-3H3/t12-/m1/s1. The summed E-state index contributed by atoms with van der Waals surface area (Å²) in [4.78, 5) is 11.2. The van der Waals surface area contributed by atoms with Gasteiger partial charge in [0, 0.05) is 12.1 Å². The van der Waals surface area contributed by atoms with Crippen LogP contribution in [0, 0.1) is 6.92 Å². The van der Waals surface area contributed by atoms with Crippen LogP contribution in [0.3, 0.4) is 0 Å². The van der Waals surface area contributed by atoms with Crippen molar-refractivity contribution in [2.45, 2.75) is 19.9 Å². The van der Waals surface area contributed by atoms with Gasteiger partial charge in [-0.25, -0.2) is 4.98 Å². The van der Waals surface area contributed by atoms with Gasteiger partial charge in [-0.15, -0.1) is 0 Å². The topological polar surface area (TPSA) is 47.5 Å². The molecule has 0 unspecified atom stereocenters. The van der Waals surface area contributed by atoms with Gasteiger partial charge in [-0.3, -0.25) is 4.98 Å². The second-order valence-electron chi connectivity index (χ2n) is 5.69. The first kappa shape index (κ1) is 16.0. The number of nitrogens with zero attached hydrogens (tertiary/aromatic N) is 3. The molecule has 0 amide bonds. The third-order valence-corrected chi connectivity index (χ3v) is 4.20. The Morgan fingerprint density at radius 2 is 2.17 bits per heavy atom. The molecule has 2 aromatic heterocycles. The Bertz CT molecular complexity index is 708. The minimum atomic E-state index is 0.271. The van der Waals surface area contributed by atoms with Gasteiger partial charge in [0.1, 0.15) is 16.7 Å². The first-order valence-corrected chi connectivity index (χ1v) is 7.99. The molecule has 0 bridgehead atoms. The van der Waals surface area contributed by atoms with E-state index in [1.807, 2.05) is 25.1 Å². The molecule has 3 heterocycles. The maximum Gasteiger partial charge on any atom is 0.137 e. The van der Waals surface area contributed by atoms with E-state index >= 15 is 0 Å². The van der Waals surface area contributed by atoms with Gasteiger partial charge in [-0.05, 0) is 37.6 Å². The monoisotopic (exact) mass is 333 g/mol. The van der Waals surface area contributed by atoms with Crippen LogP contribution >= 0.6 is 11.6 Å². The molecule has 1 fully saturated rings. The summed E-state index contributed by atoms with van der Waals surface area (Å²) in [5, 5.41) is 0.466. The number of rotatable bonds is 3. The van der Waals surface area contributed by atoms with Crippen molar-refractivity contribution in [1.82, 2.24) is 9.97 Å². The summed E-state index contributed by atoms with van der Waals surface area (Å²) in [6, 6.07) is 6.12. The zero-order valence-electron chi connectivity index (χ0n) is 13.5. The van der Waals surface area contributed by atoms with E-state index in [-0.39, 0.29) is 6.04 Å². The van der Waals surface area contributed by atoms with Gasteiger partial charge in [-0.2, -0.15) is 0 Å². The Morgan fingerprint density at radius 1 is 1.35 bits per heavy atom. The summed E-state index contributed by atoms with van der Waals surface area (Å²) in [6.07, 6.45) is 1.72.